The third-order valence-electron chi connectivity index (χ3n) is 2.90. The molecule has 1 amide bonds. The predicted molar refractivity (Wildman–Crippen MR) is 74.0 cm³/mol. The van der Waals surface area contributed by atoms with E-state index in [0.29, 0.717) is 25.4 Å². The number of amides is 1. The van der Waals surface area contributed by atoms with Gasteiger partial charge in [0, 0.05) is 26.4 Å². The number of aromatic nitrogens is 1. The average molecular weight is 261 g/mol. The van der Waals surface area contributed by atoms with Crippen LogP contribution < -0.4 is 10.6 Å². The minimum Gasteiger partial charge on any atom is -0.441 e. The summed E-state index contributed by atoms with van der Waals surface area (Å²) in [5.41, 5.74) is 2.82. The number of hydrogen-bond donors (Lipinski definition) is 2. The first-order valence-corrected chi connectivity index (χ1v) is 6.46. The Morgan fingerprint density at radius 3 is 3.00 bits per heavy atom. The fraction of sp³-hybridized carbons (Fsp3) is 0.429. The van der Waals surface area contributed by atoms with E-state index in [-0.39, 0.29) is 5.91 Å². The van der Waals surface area contributed by atoms with Crippen molar-refractivity contribution in [1.82, 2.24) is 15.6 Å². The SMILES string of the molecule is CNCCC(=O)NCCc1ccc2oc(C)nc2c1. The fourth-order valence-electron chi connectivity index (χ4n) is 1.92. The first kappa shape index (κ1) is 13.5. The lowest BCUT2D eigenvalue weighted by atomic mass is 10.1. The van der Waals surface area contributed by atoms with Crippen molar-refractivity contribution < 1.29 is 9.21 Å². The van der Waals surface area contributed by atoms with E-state index in [4.69, 9.17) is 4.42 Å². The summed E-state index contributed by atoms with van der Waals surface area (Å²) in [5.74, 6) is 0.750. The second kappa shape index (κ2) is 6.33. The molecule has 1 heterocycles. The largest absolute Gasteiger partial charge is 0.441 e. The van der Waals surface area contributed by atoms with Gasteiger partial charge in [0.1, 0.15) is 5.52 Å². The Balaban J connectivity index is 1.86. The van der Waals surface area contributed by atoms with Crippen molar-refractivity contribution >= 4 is 17.0 Å². The molecule has 0 spiro atoms. The van der Waals surface area contributed by atoms with E-state index in [1.165, 1.54) is 0 Å². The molecule has 0 bridgehead atoms. The molecule has 0 fully saturated rings. The standard InChI is InChI=1S/C14H19N3O2/c1-10-17-12-9-11(3-4-13(12)19-10)5-8-16-14(18)6-7-15-2/h3-4,9,15H,5-8H2,1-2H3,(H,16,18). The number of fused-ring (bicyclic) bond motifs is 1. The van der Waals surface area contributed by atoms with E-state index >= 15 is 0 Å². The number of rotatable bonds is 6. The molecule has 19 heavy (non-hydrogen) atoms. The van der Waals surface area contributed by atoms with Crippen LogP contribution in [-0.4, -0.2) is 31.0 Å². The fourth-order valence-corrected chi connectivity index (χ4v) is 1.92. The van der Waals surface area contributed by atoms with Crippen LogP contribution in [0.1, 0.15) is 17.9 Å². The van der Waals surface area contributed by atoms with Gasteiger partial charge in [-0.3, -0.25) is 4.79 Å². The van der Waals surface area contributed by atoms with Gasteiger partial charge in [0.15, 0.2) is 11.5 Å². The van der Waals surface area contributed by atoms with Crippen LogP contribution in [0.4, 0.5) is 0 Å². The van der Waals surface area contributed by atoms with Gasteiger partial charge in [0.05, 0.1) is 0 Å². The normalized spacial score (nSPS) is 10.8. The van der Waals surface area contributed by atoms with Crippen LogP contribution in [0.2, 0.25) is 0 Å². The minimum atomic E-state index is 0.0766. The maximum absolute atomic E-state index is 11.4. The van der Waals surface area contributed by atoms with Crippen molar-refractivity contribution in [2.75, 3.05) is 20.1 Å². The molecule has 5 nitrogen and oxygen atoms in total. The quantitative estimate of drug-likeness (QED) is 0.825. The lowest BCUT2D eigenvalue weighted by molar-refractivity contribution is -0.120. The Hall–Kier alpha value is -1.88. The topological polar surface area (TPSA) is 67.2 Å². The van der Waals surface area contributed by atoms with Gasteiger partial charge >= 0.3 is 0 Å². The molecule has 2 N–H and O–H groups in total. The Bertz CT molecular complexity index is 563. The first-order valence-electron chi connectivity index (χ1n) is 6.46. The molecule has 0 saturated carbocycles. The molecule has 0 aliphatic heterocycles. The molecule has 0 radical (unpaired) electrons. The molecule has 0 atom stereocenters. The highest BCUT2D eigenvalue weighted by molar-refractivity contribution is 5.76. The first-order chi connectivity index (χ1) is 9.19. The summed E-state index contributed by atoms with van der Waals surface area (Å²) < 4.78 is 5.42. The minimum absolute atomic E-state index is 0.0766. The van der Waals surface area contributed by atoms with Crippen LogP contribution in [0, 0.1) is 6.92 Å². The van der Waals surface area contributed by atoms with Crippen LogP contribution in [0.25, 0.3) is 11.1 Å². The number of benzene rings is 1. The van der Waals surface area contributed by atoms with E-state index < -0.39 is 0 Å². The number of nitrogens with zero attached hydrogens (tertiary/aromatic N) is 1. The molecule has 0 aliphatic carbocycles. The number of oxazole rings is 1. The summed E-state index contributed by atoms with van der Waals surface area (Å²) in [6.07, 6.45) is 1.31. The van der Waals surface area contributed by atoms with Crippen molar-refractivity contribution in [2.45, 2.75) is 19.8 Å². The Labute approximate surface area is 112 Å². The van der Waals surface area contributed by atoms with Gasteiger partial charge in [-0.1, -0.05) is 6.07 Å². The van der Waals surface area contributed by atoms with Crippen molar-refractivity contribution in [2.24, 2.45) is 0 Å². The van der Waals surface area contributed by atoms with Crippen LogP contribution in [0.3, 0.4) is 0 Å². The Kier molecular flexibility index (Phi) is 4.52. The van der Waals surface area contributed by atoms with Crippen LogP contribution >= 0.6 is 0 Å². The lowest BCUT2D eigenvalue weighted by Crippen LogP contribution is -2.28. The van der Waals surface area contributed by atoms with Gasteiger partial charge in [0.2, 0.25) is 5.91 Å². The maximum atomic E-state index is 11.4. The number of aryl methyl sites for hydroxylation is 1. The second-order valence-corrected chi connectivity index (χ2v) is 4.49. The Morgan fingerprint density at radius 2 is 2.21 bits per heavy atom. The smallest absolute Gasteiger partial charge is 0.221 e. The zero-order valence-corrected chi connectivity index (χ0v) is 11.3. The molecule has 0 unspecified atom stereocenters. The third-order valence-corrected chi connectivity index (χ3v) is 2.90. The average Bonchev–Trinajstić information content (AvgIpc) is 2.75. The van der Waals surface area contributed by atoms with Crippen molar-refractivity contribution in [3.63, 3.8) is 0 Å². The summed E-state index contributed by atoms with van der Waals surface area (Å²) in [7, 11) is 1.84. The zero-order valence-electron chi connectivity index (χ0n) is 11.3. The molecule has 1 aromatic carbocycles. The molecular formula is C14H19N3O2. The highest BCUT2D eigenvalue weighted by atomic mass is 16.3. The summed E-state index contributed by atoms with van der Waals surface area (Å²) in [6.45, 7) is 3.18. The molecular weight excluding hydrogens is 242 g/mol. The van der Waals surface area contributed by atoms with E-state index in [2.05, 4.69) is 15.6 Å². The molecule has 1 aromatic heterocycles. The van der Waals surface area contributed by atoms with Crippen molar-refractivity contribution in [1.29, 1.82) is 0 Å². The van der Waals surface area contributed by atoms with Gasteiger partial charge in [-0.25, -0.2) is 4.98 Å². The highest BCUT2D eigenvalue weighted by Crippen LogP contribution is 2.16. The van der Waals surface area contributed by atoms with Crippen molar-refractivity contribution in [3.8, 4) is 0 Å². The second-order valence-electron chi connectivity index (χ2n) is 4.49. The van der Waals surface area contributed by atoms with E-state index in [1.54, 1.807) is 0 Å². The Morgan fingerprint density at radius 1 is 1.37 bits per heavy atom. The number of nitrogens with one attached hydrogen (secondary N) is 2. The number of carbonyl (C=O) groups is 1. The van der Waals surface area contributed by atoms with Crippen LogP contribution in [0.5, 0.6) is 0 Å². The maximum Gasteiger partial charge on any atom is 0.221 e. The van der Waals surface area contributed by atoms with Gasteiger partial charge in [-0.05, 0) is 31.2 Å². The molecule has 0 saturated heterocycles. The molecule has 5 heteroatoms. The van der Waals surface area contributed by atoms with E-state index in [1.807, 2.05) is 32.2 Å². The van der Waals surface area contributed by atoms with Gasteiger partial charge < -0.3 is 15.1 Å². The van der Waals surface area contributed by atoms with Gasteiger partial charge in [-0.15, -0.1) is 0 Å². The van der Waals surface area contributed by atoms with E-state index in [0.717, 1.165) is 23.1 Å². The molecule has 102 valence electrons. The van der Waals surface area contributed by atoms with Gasteiger partial charge in [-0.2, -0.15) is 0 Å². The number of hydrogen-bond acceptors (Lipinski definition) is 4. The molecule has 0 aliphatic rings. The van der Waals surface area contributed by atoms with Crippen LogP contribution in [-0.2, 0) is 11.2 Å². The zero-order chi connectivity index (χ0) is 13.7. The summed E-state index contributed by atoms with van der Waals surface area (Å²) in [6, 6.07) is 5.94. The van der Waals surface area contributed by atoms with Gasteiger partial charge in [0.25, 0.3) is 0 Å². The molecule has 2 aromatic rings. The summed E-state index contributed by atoms with van der Waals surface area (Å²) >= 11 is 0. The lowest BCUT2D eigenvalue weighted by Gasteiger charge is -2.05. The highest BCUT2D eigenvalue weighted by Gasteiger charge is 2.04. The summed E-state index contributed by atoms with van der Waals surface area (Å²) in [5, 5.41) is 5.85. The van der Waals surface area contributed by atoms with E-state index in [9.17, 15) is 4.79 Å². The summed E-state index contributed by atoms with van der Waals surface area (Å²) in [4.78, 5) is 15.7. The number of carbonyl (C=O) groups excluding carboxylic acids is 1. The van der Waals surface area contributed by atoms with Crippen LogP contribution in [0.15, 0.2) is 22.6 Å². The monoisotopic (exact) mass is 261 g/mol. The third kappa shape index (κ3) is 3.79. The van der Waals surface area contributed by atoms with Crippen molar-refractivity contribution in [3.05, 3.63) is 29.7 Å². The predicted octanol–water partition coefficient (Wildman–Crippen LogP) is 1.40. The molecule has 2 rings (SSSR count).